The number of hydrogen-bond donors (Lipinski definition) is 1. The highest BCUT2D eigenvalue weighted by atomic mass is 79.9. The molecule has 0 amide bonds. The molecule has 0 radical (unpaired) electrons. The first kappa shape index (κ1) is 19.1. The molecule has 1 aromatic carbocycles. The average Bonchev–Trinajstić information content (AvgIpc) is 3.36. The van der Waals surface area contributed by atoms with Crippen LogP contribution in [-0.4, -0.2) is 21.6 Å². The van der Waals surface area contributed by atoms with Crippen molar-refractivity contribution < 1.29 is 9.15 Å². The van der Waals surface area contributed by atoms with Gasteiger partial charge in [-0.3, -0.25) is 4.98 Å². The number of oxazole rings is 1. The Morgan fingerprint density at radius 1 is 1.19 bits per heavy atom. The van der Waals surface area contributed by atoms with Gasteiger partial charge in [0.2, 0.25) is 5.89 Å². The van der Waals surface area contributed by atoms with E-state index in [1.165, 1.54) is 11.3 Å². The highest BCUT2D eigenvalue weighted by molar-refractivity contribution is 8.93. The number of rotatable bonds is 6. The van der Waals surface area contributed by atoms with Crippen LogP contribution in [0.25, 0.3) is 22.7 Å². The molecule has 4 aromatic rings. The molecule has 0 atom stereocenters. The number of ether oxygens (including phenoxy) is 1. The quantitative estimate of drug-likeness (QED) is 0.418. The van der Waals surface area contributed by atoms with Crippen LogP contribution in [0.15, 0.2) is 65.0 Å². The molecule has 3 heterocycles. The van der Waals surface area contributed by atoms with Crippen molar-refractivity contribution in [3.8, 4) is 28.5 Å². The molecule has 138 valence electrons. The van der Waals surface area contributed by atoms with E-state index in [1.54, 1.807) is 24.9 Å². The lowest BCUT2D eigenvalue weighted by atomic mass is 10.2. The number of anilines is 2. The maximum absolute atomic E-state index is 5.73. The van der Waals surface area contributed by atoms with E-state index < -0.39 is 0 Å². The van der Waals surface area contributed by atoms with E-state index in [0.717, 1.165) is 33.4 Å². The van der Waals surface area contributed by atoms with Crippen LogP contribution < -0.4 is 10.1 Å². The van der Waals surface area contributed by atoms with Crippen molar-refractivity contribution in [3.05, 3.63) is 60.6 Å². The summed E-state index contributed by atoms with van der Waals surface area (Å²) >= 11 is 1.52. The van der Waals surface area contributed by atoms with Crippen LogP contribution in [-0.2, 0) is 0 Å². The van der Waals surface area contributed by atoms with Crippen molar-refractivity contribution in [2.24, 2.45) is 0 Å². The molecule has 27 heavy (non-hydrogen) atoms. The highest BCUT2D eigenvalue weighted by Gasteiger charge is 2.12. The standard InChI is InChI=1S/C19H16N4O2S.BrH/c1-2-24-17-6-5-13(18-21-8-9-25-18)10-15(17)22-19-23-16(12-26-19)14-4-3-7-20-11-14;/h3-12H,2H2,1H3,(H,22,23);1H. The van der Waals surface area contributed by atoms with E-state index >= 15 is 0 Å². The summed E-state index contributed by atoms with van der Waals surface area (Å²) in [6.07, 6.45) is 6.73. The molecule has 0 saturated heterocycles. The number of benzene rings is 1. The Morgan fingerprint density at radius 2 is 2.11 bits per heavy atom. The Bertz CT molecular complexity index is 990. The number of nitrogens with zero attached hydrogens (tertiary/aromatic N) is 3. The van der Waals surface area contributed by atoms with E-state index in [1.807, 2.05) is 42.6 Å². The van der Waals surface area contributed by atoms with Crippen LogP contribution >= 0.6 is 28.3 Å². The predicted octanol–water partition coefficient (Wildman–Crippen LogP) is 5.58. The van der Waals surface area contributed by atoms with Crippen molar-refractivity contribution in [2.75, 3.05) is 11.9 Å². The van der Waals surface area contributed by atoms with Crippen molar-refractivity contribution in [3.63, 3.8) is 0 Å². The first-order chi connectivity index (χ1) is 12.8. The average molecular weight is 445 g/mol. The van der Waals surface area contributed by atoms with Crippen molar-refractivity contribution in [1.82, 2.24) is 15.0 Å². The van der Waals surface area contributed by atoms with Crippen LogP contribution in [0.5, 0.6) is 5.75 Å². The molecule has 0 bridgehead atoms. The Labute approximate surface area is 171 Å². The minimum atomic E-state index is 0. The Morgan fingerprint density at radius 3 is 2.85 bits per heavy atom. The molecule has 0 aliphatic rings. The van der Waals surface area contributed by atoms with Crippen LogP contribution in [0, 0.1) is 0 Å². The molecule has 0 spiro atoms. The third-order valence-electron chi connectivity index (χ3n) is 3.66. The zero-order valence-corrected chi connectivity index (χ0v) is 17.0. The van der Waals surface area contributed by atoms with Crippen LogP contribution in [0.1, 0.15) is 6.92 Å². The Kier molecular flexibility index (Phi) is 6.20. The summed E-state index contributed by atoms with van der Waals surface area (Å²) in [7, 11) is 0. The maximum atomic E-state index is 5.73. The van der Waals surface area contributed by atoms with Gasteiger partial charge in [-0.2, -0.15) is 0 Å². The van der Waals surface area contributed by atoms with Crippen LogP contribution in [0.2, 0.25) is 0 Å². The van der Waals surface area contributed by atoms with Crippen molar-refractivity contribution >= 4 is 39.1 Å². The van der Waals surface area contributed by atoms with E-state index in [4.69, 9.17) is 9.15 Å². The normalized spacial score (nSPS) is 10.3. The second kappa shape index (κ2) is 8.79. The minimum absolute atomic E-state index is 0. The molecule has 8 heteroatoms. The third kappa shape index (κ3) is 4.35. The van der Waals surface area contributed by atoms with Gasteiger partial charge in [-0.1, -0.05) is 0 Å². The van der Waals surface area contributed by atoms with Gasteiger partial charge in [0.25, 0.3) is 0 Å². The van der Waals surface area contributed by atoms with Crippen LogP contribution in [0.3, 0.4) is 0 Å². The smallest absolute Gasteiger partial charge is 0.225 e. The zero-order chi connectivity index (χ0) is 17.8. The van der Waals surface area contributed by atoms with Gasteiger partial charge in [-0.05, 0) is 37.3 Å². The third-order valence-corrected chi connectivity index (χ3v) is 4.42. The van der Waals surface area contributed by atoms with Gasteiger partial charge in [0, 0.05) is 28.9 Å². The van der Waals surface area contributed by atoms with Gasteiger partial charge in [0.15, 0.2) is 5.13 Å². The zero-order valence-electron chi connectivity index (χ0n) is 14.5. The first-order valence-corrected chi connectivity index (χ1v) is 9.01. The number of aromatic nitrogens is 3. The molecular weight excluding hydrogens is 428 g/mol. The van der Waals surface area contributed by atoms with Gasteiger partial charge in [-0.25, -0.2) is 9.97 Å². The monoisotopic (exact) mass is 444 g/mol. The molecule has 0 aliphatic carbocycles. The molecule has 0 saturated carbocycles. The molecular formula is C19H17BrN4O2S. The minimum Gasteiger partial charge on any atom is -0.492 e. The fourth-order valence-corrected chi connectivity index (χ4v) is 3.23. The summed E-state index contributed by atoms with van der Waals surface area (Å²) in [6.45, 7) is 2.53. The van der Waals surface area contributed by atoms with Crippen molar-refractivity contribution in [1.29, 1.82) is 0 Å². The lowest BCUT2D eigenvalue weighted by Crippen LogP contribution is -1.98. The highest BCUT2D eigenvalue weighted by Crippen LogP contribution is 2.34. The summed E-state index contributed by atoms with van der Waals surface area (Å²) in [5, 5.41) is 6.11. The molecule has 0 aliphatic heterocycles. The molecule has 1 N–H and O–H groups in total. The molecule has 4 rings (SSSR count). The number of thiazole rings is 1. The largest absolute Gasteiger partial charge is 0.492 e. The first-order valence-electron chi connectivity index (χ1n) is 8.13. The number of halogens is 1. The molecule has 3 aromatic heterocycles. The van der Waals surface area contributed by atoms with Gasteiger partial charge in [-0.15, -0.1) is 28.3 Å². The second-order valence-electron chi connectivity index (χ2n) is 5.39. The van der Waals surface area contributed by atoms with E-state index in [-0.39, 0.29) is 17.0 Å². The second-order valence-corrected chi connectivity index (χ2v) is 6.24. The van der Waals surface area contributed by atoms with E-state index in [2.05, 4.69) is 20.3 Å². The number of hydrogen-bond acceptors (Lipinski definition) is 7. The van der Waals surface area contributed by atoms with Crippen molar-refractivity contribution in [2.45, 2.75) is 6.92 Å². The van der Waals surface area contributed by atoms with Gasteiger partial charge >= 0.3 is 0 Å². The van der Waals surface area contributed by atoms with Crippen LogP contribution in [0.4, 0.5) is 10.8 Å². The topological polar surface area (TPSA) is 73.1 Å². The Balaban J connectivity index is 0.00000210. The number of nitrogens with one attached hydrogen (secondary N) is 1. The number of pyridine rings is 1. The predicted molar refractivity (Wildman–Crippen MR) is 112 cm³/mol. The summed E-state index contributed by atoms with van der Waals surface area (Å²) < 4.78 is 11.1. The summed E-state index contributed by atoms with van der Waals surface area (Å²) in [6, 6.07) is 9.66. The fourth-order valence-electron chi connectivity index (χ4n) is 2.50. The van der Waals surface area contributed by atoms with Gasteiger partial charge in [0.1, 0.15) is 12.0 Å². The van der Waals surface area contributed by atoms with Gasteiger partial charge < -0.3 is 14.5 Å². The van der Waals surface area contributed by atoms with E-state index in [0.29, 0.717) is 12.5 Å². The lowest BCUT2D eigenvalue weighted by molar-refractivity contribution is 0.342. The van der Waals surface area contributed by atoms with E-state index in [9.17, 15) is 0 Å². The Hall–Kier alpha value is -2.71. The lowest BCUT2D eigenvalue weighted by Gasteiger charge is -2.11. The maximum Gasteiger partial charge on any atom is 0.225 e. The van der Waals surface area contributed by atoms with Gasteiger partial charge in [0.05, 0.1) is 24.2 Å². The summed E-state index contributed by atoms with van der Waals surface area (Å²) in [5.74, 6) is 1.31. The summed E-state index contributed by atoms with van der Waals surface area (Å²) in [5.41, 5.74) is 3.54. The molecule has 6 nitrogen and oxygen atoms in total. The summed E-state index contributed by atoms with van der Waals surface area (Å²) in [4.78, 5) is 13.0. The SMILES string of the molecule is Br.CCOc1ccc(-c2ncco2)cc1Nc1nc(-c2cccnc2)cs1. The fraction of sp³-hybridized carbons (Fsp3) is 0.105. The molecule has 0 fully saturated rings. The molecule has 0 unspecified atom stereocenters.